The lowest BCUT2D eigenvalue weighted by Crippen LogP contribution is -2.66. The number of ketones is 1. The summed E-state index contributed by atoms with van der Waals surface area (Å²) in [6.07, 6.45) is 10.0. The minimum absolute atomic E-state index is 0.0159. The van der Waals surface area contributed by atoms with Crippen LogP contribution in [-0.2, 0) is 19.1 Å². The predicted octanol–water partition coefficient (Wildman–Crippen LogP) is 7.79. The van der Waals surface area contributed by atoms with Crippen LogP contribution in [0.2, 0.25) is 0 Å². The van der Waals surface area contributed by atoms with E-state index in [1.54, 1.807) is 11.1 Å². The normalized spacial score (nSPS) is 38.3. The van der Waals surface area contributed by atoms with Crippen molar-refractivity contribution in [2.24, 2.45) is 68.0 Å². The van der Waals surface area contributed by atoms with Crippen LogP contribution in [0.3, 0.4) is 0 Å². The first-order chi connectivity index (χ1) is 27.9. The average molecular weight is 831 g/mol. The highest BCUT2D eigenvalue weighted by Crippen LogP contribution is 2.77. The summed E-state index contributed by atoms with van der Waals surface area (Å²) < 4.78 is 6.43. The first-order valence-corrected chi connectivity index (χ1v) is 23.0. The van der Waals surface area contributed by atoms with Crippen molar-refractivity contribution in [1.29, 1.82) is 0 Å². The molecule has 332 valence electrons. The summed E-state index contributed by atoms with van der Waals surface area (Å²) in [6.45, 7) is 23.1. The van der Waals surface area contributed by atoms with Crippen molar-refractivity contribution < 1.29 is 34.1 Å². The van der Waals surface area contributed by atoms with Gasteiger partial charge in [0.25, 0.3) is 5.91 Å². The summed E-state index contributed by atoms with van der Waals surface area (Å²) in [4.78, 5) is 66.4. The number of carbonyl (C=O) groups excluding carboxylic acids is 3. The third-order valence-corrected chi connectivity index (χ3v) is 18.6. The van der Waals surface area contributed by atoms with E-state index in [9.17, 15) is 29.4 Å². The van der Waals surface area contributed by atoms with E-state index in [4.69, 9.17) is 4.74 Å². The Hall–Kier alpha value is -3.18. The smallest absolute Gasteiger partial charge is 0.309 e. The number of rotatable bonds is 11. The van der Waals surface area contributed by atoms with Gasteiger partial charge in [-0.2, -0.15) is 0 Å². The van der Waals surface area contributed by atoms with Crippen molar-refractivity contribution in [2.45, 2.75) is 146 Å². The quantitative estimate of drug-likeness (QED) is 0.212. The Kier molecular flexibility index (Phi) is 11.4. The first kappa shape index (κ1) is 44.9. The third-order valence-electron chi connectivity index (χ3n) is 18.6. The number of carboxylic acid groups (broad SMARTS) is 1. The molecule has 1 amide bonds. The van der Waals surface area contributed by atoms with Crippen LogP contribution in [0, 0.1) is 74.9 Å². The molecule has 0 saturated heterocycles. The van der Waals surface area contributed by atoms with Crippen LogP contribution in [0.4, 0.5) is 0 Å². The second-order valence-corrected chi connectivity index (χ2v) is 22.8. The fraction of sp³-hybridized carbons (Fsp3) is 0.796. The van der Waals surface area contributed by atoms with E-state index in [0.717, 1.165) is 50.5 Å². The fourth-order valence-corrected chi connectivity index (χ4v) is 15.0. The highest BCUT2D eigenvalue weighted by Gasteiger charge is 2.71. The molecule has 7 rings (SSSR count). The van der Waals surface area contributed by atoms with Gasteiger partial charge in [-0.3, -0.25) is 24.2 Å². The van der Waals surface area contributed by atoms with Crippen LogP contribution in [-0.4, -0.2) is 99.5 Å². The Bertz CT molecular complexity index is 1940. The Balaban J connectivity index is 1.16. The van der Waals surface area contributed by atoms with E-state index in [2.05, 4.69) is 58.4 Å². The molecular formula is C49H74N4O7. The molecule has 1 aromatic heterocycles. The molecule has 11 heteroatoms. The second kappa shape index (κ2) is 15.3. The van der Waals surface area contributed by atoms with Crippen molar-refractivity contribution in [3.63, 3.8) is 0 Å². The lowest BCUT2D eigenvalue weighted by atomic mass is 9.33. The molecule has 0 bridgehead atoms. The maximum atomic E-state index is 14.4. The number of ether oxygens (including phenoxy) is 1. The maximum absolute atomic E-state index is 14.4. The third kappa shape index (κ3) is 6.71. The Labute approximate surface area is 358 Å². The van der Waals surface area contributed by atoms with E-state index in [0.29, 0.717) is 43.5 Å². The molecule has 0 unspecified atom stereocenters. The van der Waals surface area contributed by atoms with Crippen molar-refractivity contribution in [1.82, 2.24) is 19.8 Å². The summed E-state index contributed by atoms with van der Waals surface area (Å²) in [7, 11) is 3.94. The molecule has 11 nitrogen and oxygen atoms in total. The number of carbonyl (C=O) groups is 4. The monoisotopic (exact) mass is 831 g/mol. The molecular weight excluding hydrogens is 757 g/mol. The molecule has 60 heavy (non-hydrogen) atoms. The summed E-state index contributed by atoms with van der Waals surface area (Å²) in [6, 6.07) is 0. The van der Waals surface area contributed by atoms with Crippen LogP contribution in [0.5, 0.6) is 0 Å². The lowest BCUT2D eigenvalue weighted by Gasteiger charge is -2.72. The minimum atomic E-state index is -0.917. The van der Waals surface area contributed by atoms with Crippen LogP contribution < -0.4 is 0 Å². The molecule has 6 aliphatic rings. The van der Waals surface area contributed by atoms with Gasteiger partial charge >= 0.3 is 11.9 Å². The zero-order valence-corrected chi connectivity index (χ0v) is 38.7. The van der Waals surface area contributed by atoms with Gasteiger partial charge in [-0.05, 0) is 130 Å². The van der Waals surface area contributed by atoms with Crippen molar-refractivity contribution in [3.05, 3.63) is 34.9 Å². The number of carboxylic acids is 1. The van der Waals surface area contributed by atoms with Gasteiger partial charge in [-0.1, -0.05) is 67.9 Å². The number of aliphatic hydroxyl groups is 1. The number of hydrogen-bond donors (Lipinski definition) is 2. The molecule has 0 aromatic carbocycles. The van der Waals surface area contributed by atoms with Crippen molar-refractivity contribution in [2.75, 3.05) is 33.7 Å². The SMILES string of the molecule is Cc1cncc(C(=O)N(CCN(C)C)C[C@H](O)[C@@]23CC[C@]4(C)[C@H](CC[C@@H]5[C@@]6(C)CC[C@H](OC(=O)[C@H]7C[C@@H](C(=O)O)C7(C)C)C(C)(C)[C@@H]6CC[C@]54C)C2=C(C(C)C)C(=O)C3)n1. The van der Waals surface area contributed by atoms with Gasteiger partial charge in [0.1, 0.15) is 11.8 Å². The minimum Gasteiger partial charge on any atom is -0.481 e. The molecule has 1 aromatic rings. The van der Waals surface area contributed by atoms with Crippen LogP contribution in [0.25, 0.3) is 0 Å². The molecule has 2 N–H and O–H groups in total. The van der Waals surface area contributed by atoms with Gasteiger partial charge in [0.15, 0.2) is 5.78 Å². The van der Waals surface area contributed by atoms with Gasteiger partial charge in [-0.25, -0.2) is 4.98 Å². The number of nitrogens with zero attached hydrogens (tertiary/aromatic N) is 4. The highest BCUT2D eigenvalue weighted by molar-refractivity contribution is 6.01. The van der Waals surface area contributed by atoms with Crippen LogP contribution in [0.1, 0.15) is 143 Å². The number of esters is 1. The molecule has 6 aliphatic carbocycles. The molecule has 0 spiro atoms. The summed E-state index contributed by atoms with van der Waals surface area (Å²) >= 11 is 0. The standard InChI is InChI=1S/C49H74N4O7/c1-28(2)39-34(54)24-49(37(55)27-53(22-21-52(11)12)41(56)33-26-50-25-29(3)51-33)20-19-47(9)30(40(39)49)13-14-36-46(8)17-16-38(45(6,7)35(46)15-18-48(36,47)10)60-43(59)32-23-31(42(57)58)44(32,4)5/h25-26,28,30-32,35-38,55H,13-24,27H2,1-12H3,(H,57,58)/t30-,31+,32-,35+,36-,37+,38+,46+,47-,48-,49+/m1/s1. The number of Topliss-reactive ketones (excluding diaryl/α,β-unsaturated/α-hetero) is 1. The molecule has 11 atom stereocenters. The Morgan fingerprint density at radius 3 is 2.18 bits per heavy atom. The number of aryl methyl sites for hydroxylation is 1. The van der Waals surface area contributed by atoms with E-state index in [-0.39, 0.29) is 75.9 Å². The van der Waals surface area contributed by atoms with E-state index < -0.39 is 34.7 Å². The second-order valence-electron chi connectivity index (χ2n) is 22.8. The Morgan fingerprint density at radius 2 is 1.57 bits per heavy atom. The van der Waals surface area contributed by atoms with Crippen molar-refractivity contribution in [3.8, 4) is 0 Å². The van der Waals surface area contributed by atoms with Crippen LogP contribution in [0.15, 0.2) is 23.5 Å². The van der Waals surface area contributed by atoms with E-state index in [1.165, 1.54) is 11.8 Å². The fourth-order valence-electron chi connectivity index (χ4n) is 15.0. The molecule has 5 fully saturated rings. The Morgan fingerprint density at radius 1 is 0.867 bits per heavy atom. The van der Waals surface area contributed by atoms with Gasteiger partial charge in [-0.15, -0.1) is 0 Å². The van der Waals surface area contributed by atoms with Gasteiger partial charge in [0.2, 0.25) is 0 Å². The molecule has 0 aliphatic heterocycles. The number of allylic oxidation sites excluding steroid dienone is 1. The average Bonchev–Trinajstić information content (AvgIpc) is 3.47. The number of likely N-dealkylation sites (N-methyl/N-ethyl adjacent to an activating group) is 1. The summed E-state index contributed by atoms with van der Waals surface area (Å²) in [5, 5.41) is 22.4. The predicted molar refractivity (Wildman–Crippen MR) is 230 cm³/mol. The number of aromatic nitrogens is 2. The number of aliphatic carboxylic acids is 1. The number of hydrogen-bond acceptors (Lipinski definition) is 9. The van der Waals surface area contributed by atoms with Gasteiger partial charge in [0.05, 0.1) is 29.8 Å². The number of amides is 1. The van der Waals surface area contributed by atoms with E-state index >= 15 is 0 Å². The maximum Gasteiger partial charge on any atom is 0.309 e. The lowest BCUT2D eigenvalue weighted by molar-refractivity contribution is -0.238. The molecule has 5 saturated carbocycles. The molecule has 0 radical (unpaired) electrons. The zero-order chi connectivity index (χ0) is 44.1. The zero-order valence-electron chi connectivity index (χ0n) is 38.7. The van der Waals surface area contributed by atoms with Crippen molar-refractivity contribution >= 4 is 23.6 Å². The summed E-state index contributed by atoms with van der Waals surface area (Å²) in [5.74, 6) is -1.16. The van der Waals surface area contributed by atoms with E-state index in [1.807, 2.05) is 39.8 Å². The first-order valence-electron chi connectivity index (χ1n) is 23.0. The summed E-state index contributed by atoms with van der Waals surface area (Å²) in [5.41, 5.74) is 1.32. The van der Waals surface area contributed by atoms with Crippen LogP contribution >= 0.6 is 0 Å². The largest absolute Gasteiger partial charge is 0.481 e. The number of aliphatic hydroxyl groups excluding tert-OH is 1. The molecule has 1 heterocycles. The van der Waals surface area contributed by atoms with Gasteiger partial charge in [0, 0.05) is 43.1 Å². The number of fused-ring (bicyclic) bond motifs is 7. The topological polar surface area (TPSA) is 150 Å². The highest BCUT2D eigenvalue weighted by atomic mass is 16.5. The van der Waals surface area contributed by atoms with Gasteiger partial charge < -0.3 is 24.7 Å².